The number of carbonyl (C=O) groups is 1. The minimum Gasteiger partial charge on any atom is -0.477 e. The van der Waals surface area contributed by atoms with Gasteiger partial charge in [-0.25, -0.2) is 13.2 Å². The normalized spacial score (nSPS) is 11.7. The van der Waals surface area contributed by atoms with Crippen LogP contribution in [-0.4, -0.2) is 48.6 Å². The van der Waals surface area contributed by atoms with Gasteiger partial charge in [-0.3, -0.25) is 0 Å². The van der Waals surface area contributed by atoms with E-state index >= 15 is 0 Å². The summed E-state index contributed by atoms with van der Waals surface area (Å²) in [6.07, 6.45) is 1.39. The van der Waals surface area contributed by atoms with E-state index < -0.39 is 16.0 Å². The van der Waals surface area contributed by atoms with Gasteiger partial charge >= 0.3 is 5.97 Å². The van der Waals surface area contributed by atoms with Crippen LogP contribution < -0.4 is 0 Å². The van der Waals surface area contributed by atoms with E-state index in [1.165, 1.54) is 6.08 Å². The smallest absolute Gasteiger partial charge is 0.345 e. The summed E-state index contributed by atoms with van der Waals surface area (Å²) in [6.45, 7) is 3.07. The second kappa shape index (κ2) is 6.62. The SMILES string of the molecule is C=CCN(CCO)S(=O)(=O)c1cc(C(=O)O)sc1Br. The molecule has 106 valence electrons. The highest BCUT2D eigenvalue weighted by Gasteiger charge is 2.28. The Bertz CT molecular complexity index is 581. The Morgan fingerprint density at radius 2 is 2.21 bits per heavy atom. The van der Waals surface area contributed by atoms with Gasteiger partial charge in [0.2, 0.25) is 10.0 Å². The lowest BCUT2D eigenvalue weighted by Gasteiger charge is -2.19. The molecule has 0 aliphatic carbocycles. The zero-order valence-corrected chi connectivity index (χ0v) is 13.0. The first-order valence-electron chi connectivity index (χ1n) is 5.09. The van der Waals surface area contributed by atoms with Crippen molar-refractivity contribution in [1.82, 2.24) is 4.31 Å². The second-order valence-corrected chi connectivity index (χ2v) is 7.71. The van der Waals surface area contributed by atoms with Crippen LogP contribution in [0.2, 0.25) is 0 Å². The van der Waals surface area contributed by atoms with Crippen molar-refractivity contribution in [3.63, 3.8) is 0 Å². The van der Waals surface area contributed by atoms with Gasteiger partial charge in [-0.05, 0) is 22.0 Å². The van der Waals surface area contributed by atoms with E-state index in [4.69, 9.17) is 10.2 Å². The molecular weight excluding hydrogens is 358 g/mol. The summed E-state index contributed by atoms with van der Waals surface area (Å²) in [5.41, 5.74) is 0. The van der Waals surface area contributed by atoms with Crippen molar-refractivity contribution in [3.8, 4) is 0 Å². The molecule has 0 saturated heterocycles. The highest BCUT2D eigenvalue weighted by molar-refractivity contribution is 9.11. The number of carboxylic acid groups (broad SMARTS) is 1. The van der Waals surface area contributed by atoms with Crippen molar-refractivity contribution in [3.05, 3.63) is 27.4 Å². The molecule has 2 N–H and O–H groups in total. The predicted molar refractivity (Wildman–Crippen MR) is 75.0 cm³/mol. The number of thiophene rings is 1. The van der Waals surface area contributed by atoms with Gasteiger partial charge in [0, 0.05) is 13.1 Å². The van der Waals surface area contributed by atoms with E-state index in [2.05, 4.69) is 22.5 Å². The van der Waals surface area contributed by atoms with Crippen LogP contribution in [0.3, 0.4) is 0 Å². The topological polar surface area (TPSA) is 94.9 Å². The lowest BCUT2D eigenvalue weighted by molar-refractivity contribution is 0.0702. The highest BCUT2D eigenvalue weighted by Crippen LogP contribution is 2.33. The molecule has 9 heteroatoms. The number of aromatic carboxylic acids is 1. The number of halogens is 1. The molecule has 1 aromatic rings. The Balaban J connectivity index is 3.24. The van der Waals surface area contributed by atoms with Crippen molar-refractivity contribution in [2.75, 3.05) is 19.7 Å². The second-order valence-electron chi connectivity index (χ2n) is 3.43. The summed E-state index contributed by atoms with van der Waals surface area (Å²) < 4.78 is 25.9. The monoisotopic (exact) mass is 369 g/mol. The van der Waals surface area contributed by atoms with Crippen LogP contribution in [0.25, 0.3) is 0 Å². The van der Waals surface area contributed by atoms with E-state index in [1.807, 2.05) is 0 Å². The maximum absolute atomic E-state index is 12.3. The van der Waals surface area contributed by atoms with Crippen molar-refractivity contribution >= 4 is 43.3 Å². The molecule has 0 amide bonds. The van der Waals surface area contributed by atoms with Crippen molar-refractivity contribution in [1.29, 1.82) is 0 Å². The first kappa shape index (κ1) is 16.3. The third kappa shape index (κ3) is 3.63. The Hall–Kier alpha value is -0.740. The largest absolute Gasteiger partial charge is 0.477 e. The average Bonchev–Trinajstić information content (AvgIpc) is 2.72. The summed E-state index contributed by atoms with van der Waals surface area (Å²) in [6, 6.07) is 1.10. The van der Waals surface area contributed by atoms with E-state index in [9.17, 15) is 13.2 Å². The quantitative estimate of drug-likeness (QED) is 0.707. The Kier molecular flexibility index (Phi) is 5.68. The summed E-state index contributed by atoms with van der Waals surface area (Å²) in [5.74, 6) is -1.19. The molecule has 0 unspecified atom stereocenters. The minimum absolute atomic E-state index is 0.0353. The molecule has 0 fully saturated rings. The van der Waals surface area contributed by atoms with Gasteiger partial charge in [0.15, 0.2) is 0 Å². The molecule has 0 radical (unpaired) electrons. The standard InChI is InChI=1S/C10H12BrNO5S2/c1-2-3-12(4-5-13)19(16,17)8-6-7(10(14)15)18-9(8)11/h2,6,13H,1,3-5H2,(H,14,15). The Morgan fingerprint density at radius 3 is 2.63 bits per heavy atom. The van der Waals surface area contributed by atoms with Crippen LogP contribution in [0, 0.1) is 0 Å². The first-order chi connectivity index (χ1) is 8.84. The van der Waals surface area contributed by atoms with Crippen LogP contribution in [-0.2, 0) is 10.0 Å². The van der Waals surface area contributed by atoms with E-state index in [0.29, 0.717) is 0 Å². The Morgan fingerprint density at radius 1 is 1.58 bits per heavy atom. The van der Waals surface area contributed by atoms with Gasteiger partial charge in [-0.15, -0.1) is 17.9 Å². The van der Waals surface area contributed by atoms with Crippen LogP contribution in [0.4, 0.5) is 0 Å². The van der Waals surface area contributed by atoms with Crippen LogP contribution in [0.15, 0.2) is 27.4 Å². The molecule has 6 nitrogen and oxygen atoms in total. The average molecular weight is 370 g/mol. The van der Waals surface area contributed by atoms with Crippen LogP contribution in [0.1, 0.15) is 9.67 Å². The van der Waals surface area contributed by atoms with Crippen molar-refractivity contribution < 1.29 is 23.4 Å². The number of hydrogen-bond acceptors (Lipinski definition) is 5. The lowest BCUT2D eigenvalue weighted by atomic mass is 10.5. The van der Waals surface area contributed by atoms with Gasteiger partial charge < -0.3 is 10.2 Å². The summed E-state index contributed by atoms with van der Waals surface area (Å²) in [4.78, 5) is 10.6. The molecule has 0 spiro atoms. The molecule has 0 aliphatic heterocycles. The minimum atomic E-state index is -3.87. The fraction of sp³-hybridized carbons (Fsp3) is 0.300. The third-order valence-electron chi connectivity index (χ3n) is 2.17. The number of aliphatic hydroxyl groups is 1. The maximum Gasteiger partial charge on any atom is 0.345 e. The van der Waals surface area contributed by atoms with Gasteiger partial charge in [0.1, 0.15) is 9.77 Å². The lowest BCUT2D eigenvalue weighted by Crippen LogP contribution is -2.33. The predicted octanol–water partition coefficient (Wildman–Crippen LogP) is 1.38. The fourth-order valence-corrected chi connectivity index (χ4v) is 5.09. The number of aliphatic hydroxyl groups excluding tert-OH is 1. The molecule has 1 aromatic heterocycles. The number of hydrogen-bond donors (Lipinski definition) is 2. The van der Waals surface area contributed by atoms with Crippen LogP contribution >= 0.6 is 27.3 Å². The first-order valence-corrected chi connectivity index (χ1v) is 8.14. The van der Waals surface area contributed by atoms with E-state index in [-0.39, 0.29) is 33.3 Å². The van der Waals surface area contributed by atoms with Crippen molar-refractivity contribution in [2.45, 2.75) is 4.90 Å². The van der Waals surface area contributed by atoms with Crippen molar-refractivity contribution in [2.24, 2.45) is 0 Å². The van der Waals surface area contributed by atoms with E-state index in [1.54, 1.807) is 0 Å². The van der Waals surface area contributed by atoms with E-state index in [0.717, 1.165) is 21.7 Å². The summed E-state index contributed by atoms with van der Waals surface area (Å²) >= 11 is 3.88. The molecule has 1 heterocycles. The number of sulfonamides is 1. The third-order valence-corrected chi connectivity index (χ3v) is 6.27. The number of nitrogens with zero attached hydrogens (tertiary/aromatic N) is 1. The summed E-state index contributed by atoms with van der Waals surface area (Å²) in [7, 11) is -3.87. The van der Waals surface area contributed by atoms with Gasteiger partial charge in [0.05, 0.1) is 10.4 Å². The maximum atomic E-state index is 12.3. The zero-order chi connectivity index (χ0) is 14.6. The van der Waals surface area contributed by atoms with Gasteiger partial charge in [-0.2, -0.15) is 4.31 Å². The molecule has 19 heavy (non-hydrogen) atoms. The summed E-state index contributed by atoms with van der Waals surface area (Å²) in [5, 5.41) is 17.8. The number of carboxylic acids is 1. The fourth-order valence-electron chi connectivity index (χ4n) is 1.34. The molecule has 0 atom stereocenters. The van der Waals surface area contributed by atoms with Gasteiger partial charge in [-0.1, -0.05) is 6.08 Å². The molecule has 0 aromatic carbocycles. The van der Waals surface area contributed by atoms with Crippen LogP contribution in [0.5, 0.6) is 0 Å². The number of rotatable bonds is 7. The molecular formula is C10H12BrNO5S2. The van der Waals surface area contributed by atoms with Gasteiger partial charge in [0.25, 0.3) is 0 Å². The molecule has 1 rings (SSSR count). The molecule has 0 bridgehead atoms. The highest BCUT2D eigenvalue weighted by atomic mass is 79.9. The zero-order valence-electron chi connectivity index (χ0n) is 9.74. The Labute approximate surface area is 123 Å². The molecule has 0 aliphatic rings. The molecule has 0 saturated carbocycles.